The molecule has 0 bridgehead atoms. The van der Waals surface area contributed by atoms with Crippen molar-refractivity contribution >= 4 is 17.9 Å². The van der Waals surface area contributed by atoms with Gasteiger partial charge in [0.15, 0.2) is 6.10 Å². The second kappa shape index (κ2) is 41.8. The lowest BCUT2D eigenvalue weighted by molar-refractivity contribution is -0.889. The zero-order valence-corrected chi connectivity index (χ0v) is 39.0. The Labute approximate surface area is 359 Å². The van der Waals surface area contributed by atoms with Crippen molar-refractivity contribution in [3.63, 3.8) is 0 Å². The fraction of sp³-hybridized carbons (Fsp3) is 0.900. The number of hydrogen-bond acceptors (Lipinski definition) is 7. The SMILES string of the molecule is CCCCCCCC/C=C\CCCCCCCC(=O)OC(COCCC(C(=O)[O-])[N+](C)(C)C)COC(=O)CCCCCCCCCCCCCCCCCCCCC. The Morgan fingerprint density at radius 2 is 0.862 bits per heavy atom. The number of quaternary nitrogens is 1. The van der Waals surface area contributed by atoms with Crippen molar-refractivity contribution in [2.45, 2.75) is 251 Å². The van der Waals surface area contributed by atoms with E-state index in [1.165, 1.54) is 154 Å². The second-order valence-electron chi connectivity index (χ2n) is 18.1. The molecule has 2 atom stereocenters. The molecule has 0 aliphatic heterocycles. The number of likely N-dealkylation sites (N-methyl/N-ethyl adjacent to an activating group) is 1. The Hall–Kier alpha value is -1.93. The number of ether oxygens (including phenoxy) is 3. The minimum absolute atomic E-state index is 0.0432. The number of nitrogens with zero attached hydrogens (tertiary/aromatic N) is 1. The fourth-order valence-electron chi connectivity index (χ4n) is 7.54. The average Bonchev–Trinajstić information content (AvgIpc) is 3.18. The molecule has 0 spiro atoms. The Kier molecular flexibility index (Phi) is 40.4. The van der Waals surface area contributed by atoms with Crippen LogP contribution in [0.4, 0.5) is 0 Å². The predicted molar refractivity (Wildman–Crippen MR) is 241 cm³/mol. The van der Waals surface area contributed by atoms with Gasteiger partial charge in [-0.1, -0.05) is 193 Å². The maximum Gasteiger partial charge on any atom is 0.306 e. The number of unbranched alkanes of at least 4 members (excludes halogenated alkanes) is 29. The third-order valence-electron chi connectivity index (χ3n) is 11.4. The fourth-order valence-corrected chi connectivity index (χ4v) is 7.54. The number of allylic oxidation sites excluding steroid dienone is 2. The lowest BCUT2D eigenvalue weighted by Gasteiger charge is -2.34. The van der Waals surface area contributed by atoms with Crippen molar-refractivity contribution in [2.24, 2.45) is 0 Å². The van der Waals surface area contributed by atoms with E-state index in [4.69, 9.17) is 14.2 Å². The minimum atomic E-state index is -1.12. The average molecular weight is 822 g/mol. The van der Waals surface area contributed by atoms with Crippen LogP contribution in [0.1, 0.15) is 239 Å². The summed E-state index contributed by atoms with van der Waals surface area (Å²) in [4.78, 5) is 36.9. The van der Waals surface area contributed by atoms with Gasteiger partial charge in [0, 0.05) is 19.3 Å². The molecule has 0 fully saturated rings. The molecule has 0 heterocycles. The molecule has 0 N–H and O–H groups in total. The molecule has 0 aliphatic rings. The summed E-state index contributed by atoms with van der Waals surface area (Å²) in [7, 11) is 5.42. The third-order valence-corrected chi connectivity index (χ3v) is 11.4. The lowest BCUT2D eigenvalue weighted by atomic mass is 10.0. The maximum atomic E-state index is 12.7. The van der Waals surface area contributed by atoms with Crippen molar-refractivity contribution < 1.29 is 38.2 Å². The number of rotatable bonds is 45. The molecule has 8 nitrogen and oxygen atoms in total. The van der Waals surface area contributed by atoms with E-state index in [2.05, 4.69) is 26.0 Å². The van der Waals surface area contributed by atoms with E-state index in [0.717, 1.165) is 51.4 Å². The number of esters is 2. The van der Waals surface area contributed by atoms with Crippen LogP contribution in [0, 0.1) is 0 Å². The quantitative estimate of drug-likeness (QED) is 0.0261. The molecular formula is C50H95NO7. The van der Waals surface area contributed by atoms with E-state index in [1.54, 1.807) is 21.1 Å². The van der Waals surface area contributed by atoms with E-state index in [9.17, 15) is 19.5 Å². The highest BCUT2D eigenvalue weighted by Crippen LogP contribution is 2.16. The van der Waals surface area contributed by atoms with Gasteiger partial charge in [0.1, 0.15) is 12.6 Å². The van der Waals surface area contributed by atoms with Gasteiger partial charge in [-0.15, -0.1) is 0 Å². The zero-order chi connectivity index (χ0) is 42.8. The molecule has 0 aliphatic carbocycles. The minimum Gasteiger partial charge on any atom is -0.544 e. The summed E-state index contributed by atoms with van der Waals surface area (Å²) in [6.45, 7) is 4.69. The normalized spacial score (nSPS) is 12.9. The predicted octanol–water partition coefficient (Wildman–Crippen LogP) is 12.5. The summed E-state index contributed by atoms with van der Waals surface area (Å²) in [6.07, 6.45) is 45.2. The highest BCUT2D eigenvalue weighted by molar-refractivity contribution is 5.70. The maximum absolute atomic E-state index is 12.7. The van der Waals surface area contributed by atoms with Crippen LogP contribution in [0.3, 0.4) is 0 Å². The Morgan fingerprint density at radius 3 is 1.24 bits per heavy atom. The first-order valence-electron chi connectivity index (χ1n) is 24.7. The van der Waals surface area contributed by atoms with Crippen LogP contribution in [0.5, 0.6) is 0 Å². The molecule has 0 saturated carbocycles. The molecule has 0 radical (unpaired) electrons. The van der Waals surface area contributed by atoms with Crippen LogP contribution in [-0.2, 0) is 28.6 Å². The monoisotopic (exact) mass is 822 g/mol. The molecule has 0 saturated heterocycles. The molecule has 8 heteroatoms. The molecule has 2 unspecified atom stereocenters. The first-order valence-corrected chi connectivity index (χ1v) is 24.7. The van der Waals surface area contributed by atoms with Crippen LogP contribution in [0.15, 0.2) is 12.2 Å². The van der Waals surface area contributed by atoms with Crippen LogP contribution < -0.4 is 5.11 Å². The first kappa shape index (κ1) is 56.1. The highest BCUT2D eigenvalue weighted by atomic mass is 16.6. The van der Waals surface area contributed by atoms with Crippen LogP contribution >= 0.6 is 0 Å². The van der Waals surface area contributed by atoms with E-state index in [1.807, 2.05) is 0 Å². The van der Waals surface area contributed by atoms with Crippen molar-refractivity contribution in [3.8, 4) is 0 Å². The van der Waals surface area contributed by atoms with Gasteiger partial charge >= 0.3 is 11.9 Å². The van der Waals surface area contributed by atoms with Crippen molar-refractivity contribution in [1.82, 2.24) is 0 Å². The van der Waals surface area contributed by atoms with Gasteiger partial charge in [-0.2, -0.15) is 0 Å². The Morgan fingerprint density at radius 1 is 0.500 bits per heavy atom. The topological polar surface area (TPSA) is 102 Å². The zero-order valence-electron chi connectivity index (χ0n) is 39.0. The first-order chi connectivity index (χ1) is 28.1. The molecule has 0 rings (SSSR count). The van der Waals surface area contributed by atoms with Gasteiger partial charge in [0.05, 0.1) is 40.3 Å². The van der Waals surface area contributed by atoms with Crippen molar-refractivity contribution in [1.29, 1.82) is 0 Å². The summed E-state index contributed by atoms with van der Waals surface area (Å²) in [5.41, 5.74) is 0. The summed E-state index contributed by atoms with van der Waals surface area (Å²) >= 11 is 0. The summed E-state index contributed by atoms with van der Waals surface area (Å²) in [5.74, 6) is -1.73. The third kappa shape index (κ3) is 39.5. The summed E-state index contributed by atoms with van der Waals surface area (Å²) in [5, 5.41) is 11.6. The Bertz CT molecular complexity index is 962. The van der Waals surface area contributed by atoms with Gasteiger partial charge in [-0.3, -0.25) is 9.59 Å². The molecule has 0 aromatic rings. The largest absolute Gasteiger partial charge is 0.544 e. The molecular weight excluding hydrogens is 727 g/mol. The second-order valence-corrected chi connectivity index (χ2v) is 18.1. The van der Waals surface area contributed by atoms with E-state index in [0.29, 0.717) is 12.8 Å². The molecule has 0 amide bonds. The van der Waals surface area contributed by atoms with Crippen LogP contribution in [-0.4, -0.2) is 75.5 Å². The van der Waals surface area contributed by atoms with Crippen molar-refractivity contribution in [2.75, 3.05) is 41.0 Å². The van der Waals surface area contributed by atoms with Crippen molar-refractivity contribution in [3.05, 3.63) is 12.2 Å². The van der Waals surface area contributed by atoms with Gasteiger partial charge in [0.2, 0.25) is 0 Å². The number of carboxylic acids is 1. The number of hydrogen-bond donors (Lipinski definition) is 0. The van der Waals surface area contributed by atoms with Crippen LogP contribution in [0.25, 0.3) is 0 Å². The van der Waals surface area contributed by atoms with Gasteiger partial charge < -0.3 is 28.6 Å². The van der Waals surface area contributed by atoms with Gasteiger partial charge in [-0.05, 0) is 38.5 Å². The molecule has 342 valence electrons. The number of carbonyl (C=O) groups is 3. The molecule has 0 aromatic carbocycles. The number of aliphatic carboxylic acids is 1. The summed E-state index contributed by atoms with van der Waals surface area (Å²) < 4.78 is 17.2. The molecule has 0 aromatic heterocycles. The number of carbonyl (C=O) groups excluding carboxylic acids is 3. The van der Waals surface area contributed by atoms with E-state index >= 15 is 0 Å². The Balaban J connectivity index is 4.23. The van der Waals surface area contributed by atoms with Gasteiger partial charge in [0.25, 0.3) is 0 Å². The highest BCUT2D eigenvalue weighted by Gasteiger charge is 2.25. The van der Waals surface area contributed by atoms with Gasteiger partial charge in [-0.25, -0.2) is 0 Å². The standard InChI is InChI=1S/C50H95NO7/c1-6-8-10-12-14-16-18-20-22-23-24-25-27-28-30-32-34-36-38-40-48(52)57-45-46(44-56-43-42-47(50(54)55)51(3,4)5)58-49(53)41-39-37-35-33-31-29-26-21-19-17-15-13-11-9-7-2/h21,26,46-47H,6-20,22-25,27-45H2,1-5H3/b26-21-. The smallest absolute Gasteiger partial charge is 0.306 e. The lowest BCUT2D eigenvalue weighted by Crippen LogP contribution is -2.55. The molecule has 58 heavy (non-hydrogen) atoms. The number of carboxylic acid groups (broad SMARTS) is 1. The summed E-state index contributed by atoms with van der Waals surface area (Å²) in [6, 6.07) is -0.723. The van der Waals surface area contributed by atoms with Crippen LogP contribution in [0.2, 0.25) is 0 Å². The van der Waals surface area contributed by atoms with E-state index < -0.39 is 18.1 Å². The van der Waals surface area contributed by atoms with E-state index in [-0.39, 0.29) is 42.7 Å².